The lowest BCUT2D eigenvalue weighted by Gasteiger charge is -2.20. The first kappa shape index (κ1) is 12.8. The summed E-state index contributed by atoms with van der Waals surface area (Å²) in [4.78, 5) is 2.36. The van der Waals surface area contributed by atoms with E-state index < -0.39 is 0 Å². The van der Waals surface area contributed by atoms with Crippen molar-refractivity contribution in [3.63, 3.8) is 0 Å². The molecule has 1 aromatic rings. The average Bonchev–Trinajstić information content (AvgIpc) is 2.67. The second kappa shape index (κ2) is 5.80. The van der Waals surface area contributed by atoms with Crippen LogP contribution in [0.2, 0.25) is 0 Å². The van der Waals surface area contributed by atoms with Crippen LogP contribution in [0.3, 0.4) is 0 Å². The van der Waals surface area contributed by atoms with E-state index in [4.69, 9.17) is 5.73 Å². The van der Waals surface area contributed by atoms with Gasteiger partial charge in [0.25, 0.3) is 0 Å². The number of hydrogen-bond acceptors (Lipinski definition) is 2. The molecule has 2 unspecified atom stereocenters. The minimum atomic E-state index is 0.265. The summed E-state index contributed by atoms with van der Waals surface area (Å²) in [6, 6.07) is 8.78. The molecule has 92 valence electrons. The van der Waals surface area contributed by atoms with Crippen molar-refractivity contribution in [3.05, 3.63) is 46.5 Å². The SMILES string of the molecule is CN(Cc1ccc(Br)cc1)CC1C=CC(N)C1. The van der Waals surface area contributed by atoms with Crippen molar-refractivity contribution in [2.45, 2.75) is 19.0 Å². The molecule has 0 saturated carbocycles. The summed E-state index contributed by atoms with van der Waals surface area (Å²) in [6.07, 6.45) is 5.46. The Balaban J connectivity index is 1.83. The van der Waals surface area contributed by atoms with Crippen molar-refractivity contribution in [1.82, 2.24) is 4.90 Å². The second-order valence-electron chi connectivity index (χ2n) is 4.87. The summed E-state index contributed by atoms with van der Waals surface area (Å²) in [5.74, 6) is 0.616. The van der Waals surface area contributed by atoms with Gasteiger partial charge < -0.3 is 10.6 Å². The fourth-order valence-electron chi connectivity index (χ4n) is 2.31. The van der Waals surface area contributed by atoms with Crippen LogP contribution in [0.25, 0.3) is 0 Å². The molecule has 0 aromatic heterocycles. The predicted octanol–water partition coefficient (Wildman–Crippen LogP) is 2.78. The highest BCUT2D eigenvalue weighted by Crippen LogP contribution is 2.18. The molecule has 2 nitrogen and oxygen atoms in total. The third-order valence-electron chi connectivity index (χ3n) is 3.12. The van der Waals surface area contributed by atoms with E-state index in [0.717, 1.165) is 24.0 Å². The summed E-state index contributed by atoms with van der Waals surface area (Å²) < 4.78 is 1.13. The molecule has 2 N–H and O–H groups in total. The molecule has 17 heavy (non-hydrogen) atoms. The van der Waals surface area contributed by atoms with Gasteiger partial charge in [0, 0.05) is 23.6 Å². The van der Waals surface area contributed by atoms with E-state index in [-0.39, 0.29) is 6.04 Å². The van der Waals surface area contributed by atoms with E-state index in [1.165, 1.54) is 5.56 Å². The van der Waals surface area contributed by atoms with Crippen molar-refractivity contribution >= 4 is 15.9 Å². The first-order valence-corrected chi connectivity index (χ1v) is 6.79. The zero-order chi connectivity index (χ0) is 12.3. The van der Waals surface area contributed by atoms with Crippen molar-refractivity contribution in [1.29, 1.82) is 0 Å². The maximum absolute atomic E-state index is 5.86. The lowest BCUT2D eigenvalue weighted by atomic mass is 10.1. The van der Waals surface area contributed by atoms with E-state index >= 15 is 0 Å². The Hall–Kier alpha value is -0.640. The first-order chi connectivity index (χ1) is 8.13. The number of rotatable bonds is 4. The maximum atomic E-state index is 5.86. The molecule has 0 fully saturated rings. The molecule has 0 spiro atoms. The Bertz CT molecular complexity index is 386. The Morgan fingerprint density at radius 1 is 1.29 bits per heavy atom. The Labute approximate surface area is 112 Å². The topological polar surface area (TPSA) is 29.3 Å². The summed E-state index contributed by atoms with van der Waals surface area (Å²) in [5, 5.41) is 0. The maximum Gasteiger partial charge on any atom is 0.0230 e. The summed E-state index contributed by atoms with van der Waals surface area (Å²) in [6.45, 7) is 2.08. The van der Waals surface area contributed by atoms with Gasteiger partial charge in [-0.3, -0.25) is 0 Å². The van der Waals surface area contributed by atoms with Gasteiger partial charge in [0.15, 0.2) is 0 Å². The molecular formula is C14H19BrN2. The summed E-state index contributed by atoms with van der Waals surface area (Å²) in [5.41, 5.74) is 7.21. The molecule has 2 rings (SSSR count). The number of nitrogens with two attached hydrogens (primary N) is 1. The van der Waals surface area contributed by atoms with Gasteiger partial charge in [-0.25, -0.2) is 0 Å². The van der Waals surface area contributed by atoms with Crippen molar-refractivity contribution < 1.29 is 0 Å². The second-order valence-corrected chi connectivity index (χ2v) is 5.78. The Morgan fingerprint density at radius 3 is 2.59 bits per heavy atom. The average molecular weight is 295 g/mol. The highest BCUT2D eigenvalue weighted by Gasteiger charge is 2.16. The van der Waals surface area contributed by atoms with Crippen molar-refractivity contribution in [2.75, 3.05) is 13.6 Å². The van der Waals surface area contributed by atoms with Gasteiger partial charge >= 0.3 is 0 Å². The van der Waals surface area contributed by atoms with E-state index in [2.05, 4.69) is 64.3 Å². The van der Waals surface area contributed by atoms with Crippen molar-refractivity contribution in [3.8, 4) is 0 Å². The van der Waals surface area contributed by atoms with E-state index in [9.17, 15) is 0 Å². The van der Waals surface area contributed by atoms with Gasteiger partial charge in [-0.05, 0) is 37.1 Å². The van der Waals surface area contributed by atoms with Gasteiger partial charge in [0.1, 0.15) is 0 Å². The van der Waals surface area contributed by atoms with Crippen molar-refractivity contribution in [2.24, 2.45) is 11.7 Å². The van der Waals surface area contributed by atoms with Crippen LogP contribution in [0.5, 0.6) is 0 Å². The molecule has 2 atom stereocenters. The predicted molar refractivity (Wildman–Crippen MR) is 75.7 cm³/mol. The Kier molecular flexibility index (Phi) is 4.37. The number of benzene rings is 1. The molecule has 1 aliphatic carbocycles. The van der Waals surface area contributed by atoms with Crippen LogP contribution in [0, 0.1) is 5.92 Å². The monoisotopic (exact) mass is 294 g/mol. The largest absolute Gasteiger partial charge is 0.324 e. The normalized spacial score (nSPS) is 23.5. The molecule has 0 radical (unpaired) electrons. The van der Waals surface area contributed by atoms with Crippen LogP contribution in [0.1, 0.15) is 12.0 Å². The molecule has 3 heteroatoms. The standard InChI is InChI=1S/C14H19BrN2/c1-17(10-12-4-7-14(16)8-12)9-11-2-5-13(15)6-3-11/h2-7,12,14H,8-10,16H2,1H3. The molecule has 0 aliphatic heterocycles. The van der Waals surface area contributed by atoms with Crippen LogP contribution in [0.4, 0.5) is 0 Å². The molecule has 0 bridgehead atoms. The molecule has 1 aromatic carbocycles. The van der Waals surface area contributed by atoms with E-state index in [1.807, 2.05) is 0 Å². The number of nitrogens with zero attached hydrogens (tertiary/aromatic N) is 1. The van der Waals surface area contributed by atoms with Gasteiger partial charge in [-0.15, -0.1) is 0 Å². The van der Waals surface area contributed by atoms with Gasteiger partial charge in [0.2, 0.25) is 0 Å². The molecule has 0 amide bonds. The smallest absolute Gasteiger partial charge is 0.0230 e. The van der Waals surface area contributed by atoms with Crippen LogP contribution in [0.15, 0.2) is 40.9 Å². The lowest BCUT2D eigenvalue weighted by Crippen LogP contribution is -2.25. The highest BCUT2D eigenvalue weighted by atomic mass is 79.9. The molecule has 0 heterocycles. The third-order valence-corrected chi connectivity index (χ3v) is 3.65. The highest BCUT2D eigenvalue weighted by molar-refractivity contribution is 9.10. The van der Waals surface area contributed by atoms with Gasteiger partial charge in [0.05, 0.1) is 0 Å². The summed E-state index contributed by atoms with van der Waals surface area (Å²) in [7, 11) is 2.17. The number of hydrogen-bond donors (Lipinski definition) is 1. The molecular weight excluding hydrogens is 276 g/mol. The third kappa shape index (κ3) is 3.95. The van der Waals surface area contributed by atoms with E-state index in [1.54, 1.807) is 0 Å². The first-order valence-electron chi connectivity index (χ1n) is 6.00. The van der Waals surface area contributed by atoms with Crippen LogP contribution < -0.4 is 5.73 Å². The van der Waals surface area contributed by atoms with Crippen LogP contribution in [-0.2, 0) is 6.54 Å². The minimum Gasteiger partial charge on any atom is -0.324 e. The van der Waals surface area contributed by atoms with E-state index in [0.29, 0.717) is 5.92 Å². The van der Waals surface area contributed by atoms with Crippen LogP contribution in [-0.4, -0.2) is 24.5 Å². The number of halogens is 1. The lowest BCUT2D eigenvalue weighted by molar-refractivity contribution is 0.288. The van der Waals surface area contributed by atoms with Gasteiger partial charge in [-0.2, -0.15) is 0 Å². The fourth-order valence-corrected chi connectivity index (χ4v) is 2.57. The molecule has 1 aliphatic rings. The Morgan fingerprint density at radius 2 is 2.00 bits per heavy atom. The van der Waals surface area contributed by atoms with Crippen LogP contribution >= 0.6 is 15.9 Å². The summed E-state index contributed by atoms with van der Waals surface area (Å²) >= 11 is 3.45. The molecule has 0 saturated heterocycles. The zero-order valence-corrected chi connectivity index (χ0v) is 11.7. The quantitative estimate of drug-likeness (QED) is 0.866. The van der Waals surface area contributed by atoms with Gasteiger partial charge in [-0.1, -0.05) is 40.2 Å². The minimum absolute atomic E-state index is 0.265. The fraction of sp³-hybridized carbons (Fsp3) is 0.429. The zero-order valence-electron chi connectivity index (χ0n) is 10.1.